The van der Waals surface area contributed by atoms with Gasteiger partial charge in [-0.05, 0) is 44.9 Å². The van der Waals surface area contributed by atoms with Gasteiger partial charge in [-0.2, -0.15) is 0 Å². The molecule has 2 aliphatic rings. The molecule has 4 heteroatoms. The summed E-state index contributed by atoms with van der Waals surface area (Å²) < 4.78 is 5.64. The molecular formula is C16H25N3O. The van der Waals surface area contributed by atoms with Crippen LogP contribution in [0.4, 0.5) is 5.82 Å². The smallest absolute Gasteiger partial charge is 0.135 e. The van der Waals surface area contributed by atoms with E-state index < -0.39 is 0 Å². The zero-order chi connectivity index (χ0) is 14.1. The van der Waals surface area contributed by atoms with E-state index in [1.54, 1.807) is 0 Å². The lowest BCUT2D eigenvalue weighted by Crippen LogP contribution is -2.45. The molecule has 1 aliphatic carbocycles. The van der Waals surface area contributed by atoms with E-state index in [0.717, 1.165) is 31.8 Å². The number of hydrogen-bond donors (Lipinski definition) is 0. The van der Waals surface area contributed by atoms with Crippen LogP contribution in [0.1, 0.15) is 43.3 Å². The number of aromatic nitrogens is 2. The lowest BCUT2D eigenvalue weighted by atomic mass is 9.93. The molecule has 1 fully saturated rings. The molecule has 0 bridgehead atoms. The van der Waals surface area contributed by atoms with Gasteiger partial charge in [0.25, 0.3) is 0 Å². The van der Waals surface area contributed by atoms with Gasteiger partial charge in [-0.15, -0.1) is 0 Å². The Labute approximate surface area is 121 Å². The van der Waals surface area contributed by atoms with Crippen molar-refractivity contribution in [2.75, 3.05) is 25.1 Å². The monoisotopic (exact) mass is 275 g/mol. The summed E-state index contributed by atoms with van der Waals surface area (Å²) in [6, 6.07) is 0. The van der Waals surface area contributed by atoms with Gasteiger partial charge in [0, 0.05) is 31.5 Å². The summed E-state index contributed by atoms with van der Waals surface area (Å²) in [7, 11) is 1.82. The van der Waals surface area contributed by atoms with Crippen LogP contribution in [0.15, 0.2) is 0 Å². The highest BCUT2D eigenvalue weighted by molar-refractivity contribution is 5.50. The van der Waals surface area contributed by atoms with Crippen molar-refractivity contribution in [3.63, 3.8) is 0 Å². The van der Waals surface area contributed by atoms with E-state index in [-0.39, 0.29) is 0 Å². The minimum absolute atomic E-state index is 0.318. The normalized spacial score (nSPS) is 26.4. The summed E-state index contributed by atoms with van der Waals surface area (Å²) >= 11 is 0. The van der Waals surface area contributed by atoms with Gasteiger partial charge in [0.1, 0.15) is 11.6 Å². The third kappa shape index (κ3) is 2.53. The van der Waals surface area contributed by atoms with Crippen molar-refractivity contribution in [3.8, 4) is 0 Å². The summed E-state index contributed by atoms with van der Waals surface area (Å²) in [5, 5.41) is 0. The summed E-state index contributed by atoms with van der Waals surface area (Å²) in [6.45, 7) is 6.34. The van der Waals surface area contributed by atoms with E-state index in [4.69, 9.17) is 9.72 Å². The van der Waals surface area contributed by atoms with Crippen molar-refractivity contribution in [2.45, 2.75) is 52.1 Å². The van der Waals surface area contributed by atoms with Crippen molar-refractivity contribution in [2.24, 2.45) is 5.92 Å². The molecular weight excluding hydrogens is 250 g/mol. The van der Waals surface area contributed by atoms with Gasteiger partial charge >= 0.3 is 0 Å². The quantitative estimate of drug-likeness (QED) is 0.831. The fourth-order valence-electron chi connectivity index (χ4n) is 3.49. The number of piperidine rings is 1. The number of hydrogen-bond acceptors (Lipinski definition) is 4. The third-order valence-electron chi connectivity index (χ3n) is 4.76. The van der Waals surface area contributed by atoms with E-state index in [1.165, 1.54) is 36.3 Å². The third-order valence-corrected chi connectivity index (χ3v) is 4.76. The Kier molecular flexibility index (Phi) is 3.92. The molecule has 0 amide bonds. The van der Waals surface area contributed by atoms with Crippen LogP contribution in [0.25, 0.3) is 0 Å². The van der Waals surface area contributed by atoms with Crippen LogP contribution in [0.3, 0.4) is 0 Å². The lowest BCUT2D eigenvalue weighted by molar-refractivity contribution is 0.0496. The molecule has 2 heterocycles. The Morgan fingerprint density at radius 2 is 2.00 bits per heavy atom. The minimum Gasteiger partial charge on any atom is -0.379 e. The van der Waals surface area contributed by atoms with Crippen LogP contribution in [-0.2, 0) is 17.6 Å². The fraction of sp³-hybridized carbons (Fsp3) is 0.750. The average Bonchev–Trinajstić information content (AvgIpc) is 2.47. The molecule has 1 aromatic heterocycles. The highest BCUT2D eigenvalue weighted by Gasteiger charge is 2.29. The molecule has 0 aromatic carbocycles. The lowest BCUT2D eigenvalue weighted by Gasteiger charge is -2.38. The molecule has 1 aromatic rings. The zero-order valence-corrected chi connectivity index (χ0v) is 12.9. The first-order valence-electron chi connectivity index (χ1n) is 7.83. The van der Waals surface area contributed by atoms with Crippen molar-refractivity contribution in [1.29, 1.82) is 0 Å². The molecule has 2 unspecified atom stereocenters. The SMILES string of the molecule is COC1CN(c2nc(C)nc3c2CCCC3)CCC1C. The summed E-state index contributed by atoms with van der Waals surface area (Å²) in [5.74, 6) is 2.73. The van der Waals surface area contributed by atoms with Crippen molar-refractivity contribution < 1.29 is 4.74 Å². The Balaban J connectivity index is 1.91. The standard InChI is InChI=1S/C16H25N3O/c1-11-8-9-19(10-15(11)20-3)16-13-6-4-5-7-14(13)17-12(2)18-16/h11,15H,4-10H2,1-3H3. The van der Waals surface area contributed by atoms with Crippen molar-refractivity contribution in [1.82, 2.24) is 9.97 Å². The van der Waals surface area contributed by atoms with Crippen molar-refractivity contribution in [3.05, 3.63) is 17.1 Å². The second kappa shape index (κ2) is 5.68. The van der Waals surface area contributed by atoms with E-state index in [2.05, 4.69) is 16.8 Å². The zero-order valence-electron chi connectivity index (χ0n) is 12.9. The van der Waals surface area contributed by atoms with Crippen LogP contribution in [0.2, 0.25) is 0 Å². The second-order valence-corrected chi connectivity index (χ2v) is 6.21. The summed E-state index contributed by atoms with van der Waals surface area (Å²) in [6.07, 6.45) is 6.28. The first-order valence-corrected chi connectivity index (χ1v) is 7.83. The molecule has 110 valence electrons. The van der Waals surface area contributed by atoms with E-state index in [0.29, 0.717) is 12.0 Å². The molecule has 0 spiro atoms. The molecule has 2 atom stereocenters. The highest BCUT2D eigenvalue weighted by atomic mass is 16.5. The van der Waals surface area contributed by atoms with E-state index in [9.17, 15) is 0 Å². The van der Waals surface area contributed by atoms with Crippen LogP contribution in [0.5, 0.6) is 0 Å². The molecule has 4 nitrogen and oxygen atoms in total. The molecule has 1 aliphatic heterocycles. The number of fused-ring (bicyclic) bond motifs is 1. The number of nitrogens with zero attached hydrogens (tertiary/aromatic N) is 3. The first-order chi connectivity index (χ1) is 9.69. The molecule has 3 rings (SSSR count). The number of ether oxygens (including phenoxy) is 1. The van der Waals surface area contributed by atoms with Crippen LogP contribution < -0.4 is 4.90 Å². The van der Waals surface area contributed by atoms with Crippen LogP contribution >= 0.6 is 0 Å². The molecule has 0 radical (unpaired) electrons. The average molecular weight is 275 g/mol. The predicted molar refractivity (Wildman–Crippen MR) is 80.2 cm³/mol. The molecule has 0 saturated carbocycles. The van der Waals surface area contributed by atoms with Gasteiger partial charge in [0.05, 0.1) is 6.10 Å². The highest BCUT2D eigenvalue weighted by Crippen LogP contribution is 2.31. The molecule has 0 N–H and O–H groups in total. The van der Waals surface area contributed by atoms with Crippen molar-refractivity contribution >= 4 is 5.82 Å². The Hall–Kier alpha value is -1.16. The number of rotatable bonds is 2. The van der Waals surface area contributed by atoms with Gasteiger partial charge in [0.2, 0.25) is 0 Å². The maximum Gasteiger partial charge on any atom is 0.135 e. The van der Waals surface area contributed by atoms with E-state index >= 15 is 0 Å². The van der Waals surface area contributed by atoms with Gasteiger partial charge < -0.3 is 9.64 Å². The maximum absolute atomic E-state index is 5.64. The topological polar surface area (TPSA) is 38.2 Å². The van der Waals surface area contributed by atoms with Crippen LogP contribution in [-0.4, -0.2) is 36.3 Å². The Morgan fingerprint density at radius 3 is 2.80 bits per heavy atom. The largest absolute Gasteiger partial charge is 0.379 e. The Bertz CT molecular complexity index is 489. The summed E-state index contributed by atoms with van der Waals surface area (Å²) in [5.41, 5.74) is 2.68. The molecule has 20 heavy (non-hydrogen) atoms. The minimum atomic E-state index is 0.318. The second-order valence-electron chi connectivity index (χ2n) is 6.21. The number of anilines is 1. The molecule has 1 saturated heterocycles. The van der Waals surface area contributed by atoms with Gasteiger partial charge in [0.15, 0.2) is 0 Å². The van der Waals surface area contributed by atoms with E-state index in [1.807, 2.05) is 14.0 Å². The maximum atomic E-state index is 5.64. The predicted octanol–water partition coefficient (Wildman–Crippen LogP) is 2.53. The van der Waals surface area contributed by atoms with Gasteiger partial charge in [-0.25, -0.2) is 9.97 Å². The fourth-order valence-corrected chi connectivity index (χ4v) is 3.49. The Morgan fingerprint density at radius 1 is 1.20 bits per heavy atom. The first kappa shape index (κ1) is 13.8. The number of methoxy groups -OCH3 is 1. The number of aryl methyl sites for hydroxylation is 2. The van der Waals surface area contributed by atoms with Crippen LogP contribution in [0, 0.1) is 12.8 Å². The van der Waals surface area contributed by atoms with Gasteiger partial charge in [-0.1, -0.05) is 6.92 Å². The van der Waals surface area contributed by atoms with Gasteiger partial charge in [-0.3, -0.25) is 0 Å². The summed E-state index contributed by atoms with van der Waals surface area (Å²) in [4.78, 5) is 11.8.